The quantitative estimate of drug-likeness (QED) is 0.938. The predicted octanol–water partition coefficient (Wildman–Crippen LogP) is 3.63. The first-order valence-electron chi connectivity index (χ1n) is 7.29. The van der Waals surface area contributed by atoms with E-state index in [2.05, 4.69) is 17.2 Å². The number of aromatic nitrogens is 1. The van der Waals surface area contributed by atoms with Gasteiger partial charge in [-0.25, -0.2) is 4.98 Å². The molecule has 1 fully saturated rings. The molecule has 1 aromatic heterocycles. The van der Waals surface area contributed by atoms with Crippen LogP contribution in [0.4, 0.5) is 0 Å². The van der Waals surface area contributed by atoms with Gasteiger partial charge >= 0.3 is 0 Å². The van der Waals surface area contributed by atoms with Gasteiger partial charge in [0.25, 0.3) is 0 Å². The highest BCUT2D eigenvalue weighted by molar-refractivity contribution is 7.13. The third kappa shape index (κ3) is 3.64. The maximum Gasteiger partial charge on any atom is 0.125 e. The first-order valence-corrected chi connectivity index (χ1v) is 8.55. The van der Waals surface area contributed by atoms with Crippen LogP contribution in [0.5, 0.6) is 0 Å². The highest BCUT2D eigenvalue weighted by Crippen LogP contribution is 2.30. The number of nitrogens with two attached hydrogens (primary N) is 1. The average molecular weight is 322 g/mol. The van der Waals surface area contributed by atoms with Crippen LogP contribution in [0.15, 0.2) is 29.6 Å². The summed E-state index contributed by atoms with van der Waals surface area (Å²) >= 11 is 7.89. The Balaban J connectivity index is 1.72. The van der Waals surface area contributed by atoms with Gasteiger partial charge in [-0.05, 0) is 18.4 Å². The molecule has 0 amide bonds. The van der Waals surface area contributed by atoms with Gasteiger partial charge in [-0.3, -0.25) is 4.90 Å². The van der Waals surface area contributed by atoms with Gasteiger partial charge in [0.15, 0.2) is 0 Å². The van der Waals surface area contributed by atoms with Crippen molar-refractivity contribution in [2.75, 3.05) is 13.1 Å². The van der Waals surface area contributed by atoms with E-state index < -0.39 is 0 Å². The molecule has 1 aliphatic rings. The Morgan fingerprint density at radius 2 is 2.19 bits per heavy atom. The third-order valence-electron chi connectivity index (χ3n) is 3.81. The number of hydrogen-bond acceptors (Lipinski definition) is 4. The van der Waals surface area contributed by atoms with Gasteiger partial charge in [-0.1, -0.05) is 36.7 Å². The smallest absolute Gasteiger partial charge is 0.125 e. The largest absolute Gasteiger partial charge is 0.327 e. The molecule has 3 nitrogen and oxygen atoms in total. The fourth-order valence-corrected chi connectivity index (χ4v) is 4.14. The molecule has 21 heavy (non-hydrogen) atoms. The lowest BCUT2D eigenvalue weighted by Gasteiger charge is -2.34. The predicted molar refractivity (Wildman–Crippen MR) is 89.6 cm³/mol. The molecule has 2 atom stereocenters. The van der Waals surface area contributed by atoms with Crippen LogP contribution < -0.4 is 5.73 Å². The number of likely N-dealkylation sites (tertiary alicyclic amines) is 1. The normalized spacial score (nSPS) is 23.4. The van der Waals surface area contributed by atoms with Crippen LogP contribution >= 0.6 is 22.9 Å². The summed E-state index contributed by atoms with van der Waals surface area (Å²) in [6.45, 7) is 5.21. The summed E-state index contributed by atoms with van der Waals surface area (Å²) in [5.74, 6) is 0.662. The number of hydrogen-bond donors (Lipinski definition) is 1. The van der Waals surface area contributed by atoms with E-state index in [0.29, 0.717) is 5.92 Å². The fourth-order valence-electron chi connectivity index (χ4n) is 3.01. The summed E-state index contributed by atoms with van der Waals surface area (Å²) in [6, 6.07) is 8.15. The molecule has 0 spiro atoms. The van der Waals surface area contributed by atoms with Crippen LogP contribution in [-0.2, 0) is 6.54 Å². The molecule has 2 unspecified atom stereocenters. The summed E-state index contributed by atoms with van der Waals surface area (Å²) in [7, 11) is 0. The Bertz CT molecular complexity index is 603. The first-order chi connectivity index (χ1) is 10.1. The summed E-state index contributed by atoms with van der Waals surface area (Å²) in [4.78, 5) is 7.14. The topological polar surface area (TPSA) is 42.1 Å². The Morgan fingerprint density at radius 1 is 1.38 bits per heavy atom. The van der Waals surface area contributed by atoms with E-state index in [9.17, 15) is 0 Å². The molecule has 1 saturated heterocycles. The van der Waals surface area contributed by atoms with Crippen LogP contribution in [0, 0.1) is 5.92 Å². The maximum absolute atomic E-state index is 6.24. The van der Waals surface area contributed by atoms with Crippen molar-refractivity contribution < 1.29 is 0 Å². The van der Waals surface area contributed by atoms with Gasteiger partial charge in [-0.15, -0.1) is 11.3 Å². The van der Waals surface area contributed by atoms with E-state index in [-0.39, 0.29) is 6.04 Å². The lowest BCUT2D eigenvalue weighted by Crippen LogP contribution is -2.45. The Morgan fingerprint density at radius 3 is 2.95 bits per heavy atom. The van der Waals surface area contributed by atoms with Crippen molar-refractivity contribution in [1.29, 1.82) is 0 Å². The SMILES string of the molecule is CC1CC(N)CN(Cc2csc(-c3ccccc3Cl)n2)C1. The summed E-state index contributed by atoms with van der Waals surface area (Å²) < 4.78 is 0. The van der Waals surface area contributed by atoms with Gasteiger partial charge < -0.3 is 5.73 Å². The van der Waals surface area contributed by atoms with Crippen LogP contribution in [-0.4, -0.2) is 29.0 Å². The van der Waals surface area contributed by atoms with Crippen LogP contribution in [0.1, 0.15) is 19.0 Å². The second-order valence-electron chi connectivity index (χ2n) is 5.92. The van der Waals surface area contributed by atoms with E-state index in [1.54, 1.807) is 11.3 Å². The van der Waals surface area contributed by atoms with Crippen LogP contribution in [0.25, 0.3) is 10.6 Å². The summed E-state index contributed by atoms with van der Waals surface area (Å²) in [5.41, 5.74) is 8.23. The Labute approximate surface area is 134 Å². The lowest BCUT2D eigenvalue weighted by molar-refractivity contribution is 0.157. The summed E-state index contributed by atoms with van der Waals surface area (Å²) in [5, 5.41) is 3.88. The highest BCUT2D eigenvalue weighted by atomic mass is 35.5. The van der Waals surface area contributed by atoms with Gasteiger partial charge in [0.05, 0.1) is 10.7 Å². The molecule has 112 valence electrons. The molecule has 0 radical (unpaired) electrons. The molecule has 0 aliphatic carbocycles. The van der Waals surface area contributed by atoms with Crippen molar-refractivity contribution >= 4 is 22.9 Å². The average Bonchev–Trinajstić information content (AvgIpc) is 2.86. The number of piperidine rings is 1. The number of rotatable bonds is 3. The fraction of sp³-hybridized carbons (Fsp3) is 0.438. The van der Waals surface area contributed by atoms with Gasteiger partial charge in [0.2, 0.25) is 0 Å². The lowest BCUT2D eigenvalue weighted by atomic mass is 9.96. The molecule has 0 bridgehead atoms. The molecule has 2 N–H and O–H groups in total. The van der Waals surface area contributed by atoms with E-state index in [0.717, 1.165) is 47.3 Å². The molecule has 1 aliphatic heterocycles. The van der Waals surface area contributed by atoms with Crippen molar-refractivity contribution in [2.45, 2.75) is 25.9 Å². The second kappa shape index (κ2) is 6.44. The van der Waals surface area contributed by atoms with E-state index in [1.807, 2.05) is 24.3 Å². The van der Waals surface area contributed by atoms with Crippen molar-refractivity contribution in [3.8, 4) is 10.6 Å². The molecule has 2 aromatic rings. The maximum atomic E-state index is 6.24. The molecule has 3 rings (SSSR count). The van der Waals surface area contributed by atoms with Crippen LogP contribution in [0.3, 0.4) is 0 Å². The number of benzene rings is 1. The third-order valence-corrected chi connectivity index (χ3v) is 5.06. The van der Waals surface area contributed by atoms with Gasteiger partial charge in [-0.2, -0.15) is 0 Å². The van der Waals surface area contributed by atoms with Crippen molar-refractivity contribution in [1.82, 2.24) is 9.88 Å². The molecular formula is C16H20ClN3S. The molecule has 2 heterocycles. The van der Waals surface area contributed by atoms with Gasteiger partial charge in [0, 0.05) is 36.6 Å². The number of nitrogens with zero attached hydrogens (tertiary/aromatic N) is 2. The molecule has 0 saturated carbocycles. The monoisotopic (exact) mass is 321 g/mol. The zero-order chi connectivity index (χ0) is 14.8. The number of thiazole rings is 1. The van der Waals surface area contributed by atoms with E-state index in [4.69, 9.17) is 22.3 Å². The van der Waals surface area contributed by atoms with Gasteiger partial charge in [0.1, 0.15) is 5.01 Å². The van der Waals surface area contributed by atoms with Crippen molar-refractivity contribution in [3.05, 3.63) is 40.4 Å². The second-order valence-corrected chi connectivity index (χ2v) is 7.18. The minimum atomic E-state index is 0.287. The van der Waals surface area contributed by atoms with E-state index >= 15 is 0 Å². The van der Waals surface area contributed by atoms with Crippen LogP contribution in [0.2, 0.25) is 5.02 Å². The van der Waals surface area contributed by atoms with Crippen molar-refractivity contribution in [2.24, 2.45) is 11.7 Å². The number of halogens is 1. The van der Waals surface area contributed by atoms with Crippen molar-refractivity contribution in [3.63, 3.8) is 0 Å². The minimum absolute atomic E-state index is 0.287. The molecular weight excluding hydrogens is 302 g/mol. The Hall–Kier alpha value is -0.940. The Kier molecular flexibility index (Phi) is 4.60. The molecule has 1 aromatic carbocycles. The minimum Gasteiger partial charge on any atom is -0.327 e. The first kappa shape index (κ1) is 15.0. The highest BCUT2D eigenvalue weighted by Gasteiger charge is 2.22. The standard InChI is InChI=1S/C16H20ClN3S/c1-11-6-12(18)8-20(7-11)9-13-10-21-16(19-13)14-4-2-3-5-15(14)17/h2-5,10-12H,6-9,18H2,1H3. The van der Waals surface area contributed by atoms with E-state index in [1.165, 1.54) is 0 Å². The molecule has 5 heteroatoms. The zero-order valence-corrected chi connectivity index (χ0v) is 13.7. The summed E-state index contributed by atoms with van der Waals surface area (Å²) in [6.07, 6.45) is 1.12. The zero-order valence-electron chi connectivity index (χ0n) is 12.1.